The fraction of sp³-hybridized carbons (Fsp3) is 0.0667. The Morgan fingerprint density at radius 3 is 2.61 bits per heavy atom. The Balaban J connectivity index is 1.62. The maximum absolute atomic E-state index is 12.9. The molecular weight excluding hydrogens is 360 g/mol. The minimum atomic E-state index is -0.290. The maximum atomic E-state index is 12.9. The van der Waals surface area contributed by atoms with E-state index >= 15 is 0 Å². The number of hydrogen-bond acceptors (Lipinski definition) is 5. The first-order valence-corrected chi connectivity index (χ1v) is 8.10. The molecule has 1 aromatic heterocycles. The molecule has 23 heavy (non-hydrogen) atoms. The van der Waals surface area contributed by atoms with Crippen LogP contribution in [0.1, 0.15) is 5.01 Å². The molecule has 0 amide bonds. The molecule has 1 N–H and O–H groups in total. The second-order valence-corrected chi connectivity index (χ2v) is 6.40. The summed E-state index contributed by atoms with van der Waals surface area (Å²) in [5.41, 5.74) is 0.732. The number of aromatic nitrogens is 2. The van der Waals surface area contributed by atoms with E-state index in [4.69, 9.17) is 27.9 Å². The molecule has 8 heteroatoms. The average molecular weight is 370 g/mol. The van der Waals surface area contributed by atoms with E-state index in [1.807, 2.05) is 0 Å². The van der Waals surface area contributed by atoms with Gasteiger partial charge in [-0.2, -0.15) is 0 Å². The van der Waals surface area contributed by atoms with Crippen LogP contribution in [0, 0.1) is 5.82 Å². The SMILES string of the molecule is Fc1ccc(Nc2nnc(COc3ccc(Cl)cc3Cl)s2)cc1. The Morgan fingerprint density at radius 1 is 1.09 bits per heavy atom. The van der Waals surface area contributed by atoms with E-state index in [2.05, 4.69) is 15.5 Å². The van der Waals surface area contributed by atoms with Gasteiger partial charge < -0.3 is 10.1 Å². The van der Waals surface area contributed by atoms with Crippen molar-refractivity contribution in [2.24, 2.45) is 0 Å². The van der Waals surface area contributed by atoms with Gasteiger partial charge >= 0.3 is 0 Å². The highest BCUT2D eigenvalue weighted by molar-refractivity contribution is 7.15. The van der Waals surface area contributed by atoms with Crippen LogP contribution in [0.4, 0.5) is 15.2 Å². The van der Waals surface area contributed by atoms with E-state index in [9.17, 15) is 4.39 Å². The van der Waals surface area contributed by atoms with Crippen molar-refractivity contribution in [2.45, 2.75) is 6.61 Å². The molecule has 4 nitrogen and oxygen atoms in total. The molecule has 0 aliphatic rings. The molecule has 0 unspecified atom stereocenters. The smallest absolute Gasteiger partial charge is 0.210 e. The molecule has 0 bridgehead atoms. The van der Waals surface area contributed by atoms with Crippen LogP contribution in [0.2, 0.25) is 10.0 Å². The second-order valence-electron chi connectivity index (χ2n) is 4.50. The van der Waals surface area contributed by atoms with E-state index in [0.717, 1.165) is 5.69 Å². The molecule has 3 rings (SSSR count). The summed E-state index contributed by atoms with van der Waals surface area (Å²) in [7, 11) is 0. The fourth-order valence-corrected chi connectivity index (χ4v) is 2.89. The van der Waals surface area contributed by atoms with Gasteiger partial charge in [-0.1, -0.05) is 34.5 Å². The van der Waals surface area contributed by atoms with Crippen LogP contribution in [-0.2, 0) is 6.61 Å². The minimum absolute atomic E-state index is 0.240. The lowest BCUT2D eigenvalue weighted by molar-refractivity contribution is 0.305. The first-order valence-electron chi connectivity index (χ1n) is 6.53. The quantitative estimate of drug-likeness (QED) is 0.662. The predicted octanol–water partition coefficient (Wildman–Crippen LogP) is 5.31. The number of hydrogen-bond donors (Lipinski definition) is 1. The summed E-state index contributed by atoms with van der Waals surface area (Å²) in [6, 6.07) is 11.0. The average Bonchev–Trinajstić information content (AvgIpc) is 2.96. The number of ether oxygens (including phenoxy) is 1. The molecule has 2 aromatic carbocycles. The Labute approximate surface area is 145 Å². The number of nitrogens with zero attached hydrogens (tertiary/aromatic N) is 2. The van der Waals surface area contributed by atoms with E-state index in [0.29, 0.717) is 25.9 Å². The minimum Gasteiger partial charge on any atom is -0.485 e. The summed E-state index contributed by atoms with van der Waals surface area (Å²) in [4.78, 5) is 0. The standard InChI is InChI=1S/C15H10Cl2FN3OS/c16-9-1-6-13(12(17)7-9)22-8-14-20-21-15(23-14)19-11-4-2-10(18)3-5-11/h1-7H,8H2,(H,19,21). The number of rotatable bonds is 5. The van der Waals surface area contributed by atoms with Crippen molar-refractivity contribution in [3.63, 3.8) is 0 Å². The third-order valence-corrected chi connectivity index (χ3v) is 4.15. The Morgan fingerprint density at radius 2 is 1.87 bits per heavy atom. The van der Waals surface area contributed by atoms with E-state index in [1.54, 1.807) is 30.3 Å². The van der Waals surface area contributed by atoms with Gasteiger partial charge in [-0.15, -0.1) is 10.2 Å². The zero-order valence-corrected chi connectivity index (χ0v) is 13.9. The highest BCUT2D eigenvalue weighted by Gasteiger charge is 2.08. The maximum Gasteiger partial charge on any atom is 0.210 e. The summed E-state index contributed by atoms with van der Waals surface area (Å²) in [6.45, 7) is 0.240. The van der Waals surface area contributed by atoms with E-state index < -0.39 is 0 Å². The van der Waals surface area contributed by atoms with Crippen molar-refractivity contribution in [3.05, 3.63) is 63.3 Å². The highest BCUT2D eigenvalue weighted by atomic mass is 35.5. The largest absolute Gasteiger partial charge is 0.485 e. The fourth-order valence-electron chi connectivity index (χ4n) is 1.75. The van der Waals surface area contributed by atoms with Crippen molar-refractivity contribution in [1.29, 1.82) is 0 Å². The molecule has 0 fully saturated rings. The van der Waals surface area contributed by atoms with Crippen LogP contribution in [0.25, 0.3) is 0 Å². The van der Waals surface area contributed by atoms with E-state index in [1.165, 1.54) is 23.5 Å². The summed E-state index contributed by atoms with van der Waals surface area (Å²) in [5.74, 6) is 0.237. The first-order chi connectivity index (χ1) is 11.1. The van der Waals surface area contributed by atoms with Crippen LogP contribution >= 0.6 is 34.5 Å². The summed E-state index contributed by atoms with van der Waals surface area (Å²) >= 11 is 13.2. The van der Waals surface area contributed by atoms with Gasteiger partial charge in [-0.3, -0.25) is 0 Å². The van der Waals surface area contributed by atoms with Crippen molar-refractivity contribution in [3.8, 4) is 5.75 Å². The van der Waals surface area contributed by atoms with Crippen molar-refractivity contribution in [2.75, 3.05) is 5.32 Å². The first kappa shape index (κ1) is 16.0. The Bertz CT molecular complexity index is 811. The molecule has 1 heterocycles. The summed E-state index contributed by atoms with van der Waals surface area (Å²) in [5, 5.41) is 13.3. The predicted molar refractivity (Wildman–Crippen MR) is 90.4 cm³/mol. The van der Waals surface area contributed by atoms with Crippen LogP contribution < -0.4 is 10.1 Å². The zero-order valence-electron chi connectivity index (χ0n) is 11.6. The number of anilines is 2. The van der Waals surface area contributed by atoms with E-state index in [-0.39, 0.29) is 12.4 Å². The van der Waals surface area contributed by atoms with Gasteiger partial charge in [0.15, 0.2) is 5.01 Å². The molecule has 0 spiro atoms. The van der Waals surface area contributed by atoms with Gasteiger partial charge in [0.2, 0.25) is 5.13 Å². The molecule has 0 aliphatic heterocycles. The second kappa shape index (κ2) is 7.12. The molecule has 118 valence electrons. The topological polar surface area (TPSA) is 47.0 Å². The van der Waals surface area contributed by atoms with Crippen LogP contribution in [0.5, 0.6) is 5.75 Å². The molecule has 0 saturated heterocycles. The van der Waals surface area contributed by atoms with Crippen molar-refractivity contribution in [1.82, 2.24) is 10.2 Å². The molecule has 0 saturated carbocycles. The van der Waals surface area contributed by atoms with Gasteiger partial charge in [-0.25, -0.2) is 4.39 Å². The zero-order chi connectivity index (χ0) is 16.2. The lowest BCUT2D eigenvalue weighted by Crippen LogP contribution is -1.95. The molecule has 0 radical (unpaired) electrons. The van der Waals surface area contributed by atoms with Gasteiger partial charge in [0.05, 0.1) is 5.02 Å². The lowest BCUT2D eigenvalue weighted by Gasteiger charge is -2.05. The van der Waals surface area contributed by atoms with Crippen LogP contribution in [0.3, 0.4) is 0 Å². The third kappa shape index (κ3) is 4.31. The normalized spacial score (nSPS) is 10.6. The van der Waals surface area contributed by atoms with Gasteiger partial charge in [-0.05, 0) is 42.5 Å². The van der Waals surface area contributed by atoms with Crippen LogP contribution in [-0.4, -0.2) is 10.2 Å². The summed E-state index contributed by atoms with van der Waals surface area (Å²) in [6.07, 6.45) is 0. The van der Waals surface area contributed by atoms with Gasteiger partial charge in [0.25, 0.3) is 0 Å². The monoisotopic (exact) mass is 369 g/mol. The van der Waals surface area contributed by atoms with Crippen molar-refractivity contribution >= 4 is 45.4 Å². The van der Waals surface area contributed by atoms with Crippen LogP contribution in [0.15, 0.2) is 42.5 Å². The number of halogens is 3. The number of benzene rings is 2. The molecule has 0 aliphatic carbocycles. The van der Waals surface area contributed by atoms with Crippen molar-refractivity contribution < 1.29 is 9.13 Å². The third-order valence-electron chi connectivity index (χ3n) is 2.81. The number of nitrogens with one attached hydrogen (secondary N) is 1. The lowest BCUT2D eigenvalue weighted by atomic mass is 10.3. The van der Waals surface area contributed by atoms with Gasteiger partial charge in [0, 0.05) is 10.7 Å². The molecule has 0 atom stereocenters. The highest BCUT2D eigenvalue weighted by Crippen LogP contribution is 2.29. The molecular formula is C15H10Cl2FN3OS. The summed E-state index contributed by atoms with van der Waals surface area (Å²) < 4.78 is 18.5. The Kier molecular flexibility index (Phi) is 4.95. The van der Waals surface area contributed by atoms with Gasteiger partial charge in [0.1, 0.15) is 18.2 Å². The Hall–Kier alpha value is -1.89. The molecule has 3 aromatic rings.